The van der Waals surface area contributed by atoms with Gasteiger partial charge in [-0.25, -0.2) is 10.4 Å². The highest BCUT2D eigenvalue weighted by Gasteiger charge is 2.20. The van der Waals surface area contributed by atoms with E-state index in [1.54, 1.807) is 6.92 Å². The Bertz CT molecular complexity index is 1130. The van der Waals surface area contributed by atoms with Crippen LogP contribution in [-0.4, -0.2) is 50.0 Å². The number of rotatable bonds is 10. The minimum Gasteiger partial charge on any atom is -0.493 e. The third kappa shape index (κ3) is 6.15. The zero-order valence-corrected chi connectivity index (χ0v) is 19.8. The molecule has 0 fully saturated rings. The third-order valence-electron chi connectivity index (χ3n) is 4.23. The Morgan fingerprint density at radius 1 is 1.33 bits per heavy atom. The molecule has 0 aliphatic carbocycles. The van der Waals surface area contributed by atoms with Crippen molar-refractivity contribution in [2.75, 3.05) is 27.9 Å². The SMILES string of the molecule is COCc1c(Br)c(C)nc(OCC(=O)NN=Cc2cc(OC)c(OC)cc2[N+](=O)[O-])c1C#N. The molecule has 0 unspecified atom stereocenters. The summed E-state index contributed by atoms with van der Waals surface area (Å²) in [5.41, 5.74) is 3.22. The Morgan fingerprint density at radius 3 is 2.58 bits per heavy atom. The zero-order valence-electron chi connectivity index (χ0n) is 18.2. The van der Waals surface area contributed by atoms with Crippen LogP contribution in [0.25, 0.3) is 0 Å². The number of hydrogen-bond donors (Lipinski definition) is 1. The second-order valence-electron chi connectivity index (χ2n) is 6.32. The third-order valence-corrected chi connectivity index (χ3v) is 5.28. The minimum atomic E-state index is -0.672. The smallest absolute Gasteiger partial charge is 0.282 e. The van der Waals surface area contributed by atoms with Crippen molar-refractivity contribution in [1.82, 2.24) is 10.4 Å². The van der Waals surface area contributed by atoms with Crippen LogP contribution in [0.2, 0.25) is 0 Å². The first-order chi connectivity index (χ1) is 15.8. The molecule has 2 aromatic rings. The van der Waals surface area contributed by atoms with Gasteiger partial charge in [-0.2, -0.15) is 10.4 Å². The average Bonchev–Trinajstić information content (AvgIpc) is 2.80. The Kier molecular flexibility index (Phi) is 9.08. The lowest BCUT2D eigenvalue weighted by Gasteiger charge is -2.13. The van der Waals surface area contributed by atoms with Gasteiger partial charge in [0.2, 0.25) is 5.88 Å². The number of nitrogens with zero attached hydrogens (tertiary/aromatic N) is 4. The van der Waals surface area contributed by atoms with Gasteiger partial charge in [0.05, 0.1) is 49.3 Å². The summed E-state index contributed by atoms with van der Waals surface area (Å²) in [4.78, 5) is 27.0. The topological polar surface area (TPSA) is 158 Å². The molecule has 0 radical (unpaired) electrons. The van der Waals surface area contributed by atoms with E-state index in [4.69, 9.17) is 18.9 Å². The number of carbonyl (C=O) groups excluding carboxylic acids is 1. The van der Waals surface area contributed by atoms with Gasteiger partial charge < -0.3 is 18.9 Å². The molecular weight excluding hydrogens is 502 g/mol. The summed E-state index contributed by atoms with van der Waals surface area (Å²) in [6.07, 6.45) is 1.09. The number of aromatic nitrogens is 1. The van der Waals surface area contributed by atoms with Gasteiger partial charge in [0.15, 0.2) is 18.1 Å². The molecule has 2 rings (SSSR count). The summed E-state index contributed by atoms with van der Waals surface area (Å²) in [6.45, 7) is 1.35. The van der Waals surface area contributed by atoms with E-state index in [9.17, 15) is 20.2 Å². The first kappa shape index (κ1) is 25.5. The Morgan fingerprint density at radius 2 is 2.00 bits per heavy atom. The fourth-order valence-corrected chi connectivity index (χ4v) is 3.10. The second kappa shape index (κ2) is 11.7. The number of benzene rings is 1. The number of nitro benzene ring substituents is 1. The number of hydrazone groups is 1. The van der Waals surface area contributed by atoms with Crippen molar-refractivity contribution < 1.29 is 28.7 Å². The van der Waals surface area contributed by atoms with Crippen molar-refractivity contribution in [2.24, 2.45) is 5.10 Å². The van der Waals surface area contributed by atoms with Gasteiger partial charge in [0, 0.05) is 17.1 Å². The van der Waals surface area contributed by atoms with E-state index in [1.807, 2.05) is 6.07 Å². The first-order valence-electron chi connectivity index (χ1n) is 9.20. The number of nitro groups is 1. The predicted molar refractivity (Wildman–Crippen MR) is 120 cm³/mol. The molecule has 0 aliphatic heterocycles. The molecule has 1 amide bonds. The molecule has 1 aromatic carbocycles. The number of methoxy groups -OCH3 is 3. The van der Waals surface area contributed by atoms with Crippen molar-refractivity contribution >= 4 is 33.7 Å². The van der Waals surface area contributed by atoms with Crippen LogP contribution in [0.4, 0.5) is 5.69 Å². The van der Waals surface area contributed by atoms with Crippen LogP contribution >= 0.6 is 15.9 Å². The van der Waals surface area contributed by atoms with Crippen LogP contribution in [0.1, 0.15) is 22.4 Å². The molecule has 0 atom stereocenters. The number of nitrogens with one attached hydrogen (secondary N) is 1. The molecule has 1 N–H and O–H groups in total. The molecule has 0 saturated heterocycles. The van der Waals surface area contributed by atoms with Crippen LogP contribution in [0, 0.1) is 28.4 Å². The molecule has 0 spiro atoms. The summed E-state index contributed by atoms with van der Waals surface area (Å²) in [5, 5.41) is 24.5. The first-order valence-corrected chi connectivity index (χ1v) is 9.99. The Balaban J connectivity index is 2.15. The highest BCUT2D eigenvalue weighted by molar-refractivity contribution is 9.10. The van der Waals surface area contributed by atoms with Gasteiger partial charge >= 0.3 is 0 Å². The maximum atomic E-state index is 12.1. The van der Waals surface area contributed by atoms with Gasteiger partial charge in [0.25, 0.3) is 11.6 Å². The fraction of sp³-hybridized carbons (Fsp3) is 0.300. The highest BCUT2D eigenvalue weighted by atomic mass is 79.9. The number of amides is 1. The molecule has 0 bridgehead atoms. The van der Waals surface area contributed by atoms with Crippen LogP contribution in [-0.2, 0) is 16.1 Å². The van der Waals surface area contributed by atoms with E-state index in [0.717, 1.165) is 6.21 Å². The molecule has 12 nitrogen and oxygen atoms in total. The summed E-state index contributed by atoms with van der Waals surface area (Å²) < 4.78 is 21.3. The largest absolute Gasteiger partial charge is 0.493 e. The number of aryl methyl sites for hydroxylation is 1. The van der Waals surface area contributed by atoms with Crippen molar-refractivity contribution in [1.29, 1.82) is 5.26 Å². The predicted octanol–water partition coefficient (Wildman–Crippen LogP) is 2.63. The maximum absolute atomic E-state index is 12.1. The number of nitriles is 1. The van der Waals surface area contributed by atoms with Gasteiger partial charge in [0.1, 0.15) is 11.6 Å². The normalized spacial score (nSPS) is 10.5. The summed E-state index contributed by atoms with van der Waals surface area (Å²) >= 11 is 3.37. The highest BCUT2D eigenvalue weighted by Crippen LogP contribution is 2.33. The van der Waals surface area contributed by atoms with Crippen LogP contribution in [0.3, 0.4) is 0 Å². The molecular formula is C20H20BrN5O7. The lowest BCUT2D eigenvalue weighted by Crippen LogP contribution is -2.25. The quantitative estimate of drug-likeness (QED) is 0.281. The van der Waals surface area contributed by atoms with Crippen molar-refractivity contribution in [3.8, 4) is 23.4 Å². The van der Waals surface area contributed by atoms with Crippen molar-refractivity contribution in [3.05, 3.63) is 49.1 Å². The van der Waals surface area contributed by atoms with E-state index >= 15 is 0 Å². The van der Waals surface area contributed by atoms with E-state index in [2.05, 4.69) is 31.4 Å². The fourth-order valence-electron chi connectivity index (χ4n) is 2.70. The zero-order chi connectivity index (χ0) is 24.5. The number of hydrogen-bond acceptors (Lipinski definition) is 10. The molecule has 174 valence electrons. The molecule has 33 heavy (non-hydrogen) atoms. The van der Waals surface area contributed by atoms with Crippen LogP contribution in [0.5, 0.6) is 17.4 Å². The van der Waals surface area contributed by atoms with Gasteiger partial charge in [-0.3, -0.25) is 14.9 Å². The molecule has 13 heteroatoms. The average molecular weight is 522 g/mol. The minimum absolute atomic E-state index is 0.0279. The lowest BCUT2D eigenvalue weighted by molar-refractivity contribution is -0.385. The van der Waals surface area contributed by atoms with E-state index in [-0.39, 0.29) is 40.8 Å². The maximum Gasteiger partial charge on any atom is 0.282 e. The molecule has 1 heterocycles. The Hall–Kier alpha value is -3.76. The summed E-state index contributed by atoms with van der Waals surface area (Å²) in [5.74, 6) is -0.266. The number of pyridine rings is 1. The van der Waals surface area contributed by atoms with Gasteiger partial charge in [-0.15, -0.1) is 0 Å². The van der Waals surface area contributed by atoms with Crippen molar-refractivity contribution in [3.63, 3.8) is 0 Å². The van der Waals surface area contributed by atoms with E-state index in [0.29, 0.717) is 15.7 Å². The standard InChI is InChI=1S/C20H20BrN5O7/c1-11-19(21)14(9-30-2)13(7-22)20(24-11)33-10-18(27)25-23-8-12-5-16(31-3)17(32-4)6-15(12)26(28)29/h5-6,8H,9-10H2,1-4H3,(H,25,27). The number of halogens is 1. The number of ether oxygens (including phenoxy) is 4. The van der Waals surface area contributed by atoms with Gasteiger partial charge in [-0.1, -0.05) is 0 Å². The van der Waals surface area contributed by atoms with E-state index < -0.39 is 17.4 Å². The van der Waals surface area contributed by atoms with Crippen LogP contribution < -0.4 is 19.6 Å². The molecule has 1 aromatic heterocycles. The second-order valence-corrected chi connectivity index (χ2v) is 7.11. The van der Waals surface area contributed by atoms with Crippen molar-refractivity contribution in [2.45, 2.75) is 13.5 Å². The summed E-state index contributed by atoms with van der Waals surface area (Å²) in [7, 11) is 4.22. The summed E-state index contributed by atoms with van der Waals surface area (Å²) in [6, 6.07) is 4.54. The monoisotopic (exact) mass is 521 g/mol. The van der Waals surface area contributed by atoms with E-state index in [1.165, 1.54) is 33.5 Å². The Labute approximate surface area is 197 Å². The molecule has 0 saturated carbocycles. The van der Waals surface area contributed by atoms with Gasteiger partial charge in [-0.05, 0) is 28.9 Å². The van der Waals surface area contributed by atoms with Crippen LogP contribution in [0.15, 0.2) is 21.7 Å². The lowest BCUT2D eigenvalue weighted by atomic mass is 10.1. The molecule has 0 aliphatic rings. The number of carbonyl (C=O) groups is 1.